The monoisotopic (exact) mass is 520 g/mol. The minimum atomic E-state index is 0. The van der Waals surface area contributed by atoms with Crippen LogP contribution in [0.15, 0.2) is 53.5 Å². The second kappa shape index (κ2) is 10.7. The van der Waals surface area contributed by atoms with Crippen molar-refractivity contribution in [3.63, 3.8) is 0 Å². The molecule has 0 saturated carbocycles. The van der Waals surface area contributed by atoms with E-state index in [4.69, 9.17) is 4.74 Å². The molecule has 160 valence electrons. The number of benzene rings is 2. The van der Waals surface area contributed by atoms with E-state index in [1.54, 1.807) is 7.05 Å². The molecule has 0 radical (unpaired) electrons. The van der Waals surface area contributed by atoms with Crippen molar-refractivity contribution in [3.8, 4) is 5.75 Å². The van der Waals surface area contributed by atoms with E-state index in [9.17, 15) is 4.79 Å². The Kier molecular flexibility index (Phi) is 7.95. The van der Waals surface area contributed by atoms with Crippen molar-refractivity contribution >= 4 is 41.5 Å². The molecule has 7 heteroatoms. The summed E-state index contributed by atoms with van der Waals surface area (Å²) in [4.78, 5) is 18.7. The number of hydrogen-bond donors (Lipinski definition) is 2. The van der Waals surface area contributed by atoms with Crippen LogP contribution in [0.4, 0.5) is 5.69 Å². The van der Waals surface area contributed by atoms with Gasteiger partial charge in [0.15, 0.2) is 5.96 Å². The molecule has 2 aromatic rings. The number of hydrogen-bond acceptors (Lipinski definition) is 3. The van der Waals surface area contributed by atoms with Gasteiger partial charge in [0.1, 0.15) is 11.9 Å². The second-order valence-corrected chi connectivity index (χ2v) is 7.46. The molecule has 0 saturated heterocycles. The molecule has 30 heavy (non-hydrogen) atoms. The van der Waals surface area contributed by atoms with Crippen molar-refractivity contribution in [2.24, 2.45) is 4.99 Å². The van der Waals surface area contributed by atoms with Gasteiger partial charge in [0.2, 0.25) is 5.91 Å². The number of carbonyl (C=O) groups excluding carboxylic acids is 1. The summed E-state index contributed by atoms with van der Waals surface area (Å²) in [6, 6.07) is 16.3. The maximum absolute atomic E-state index is 12.6. The van der Waals surface area contributed by atoms with Gasteiger partial charge in [-0.25, -0.2) is 0 Å². The molecule has 1 unspecified atom stereocenters. The molecule has 2 heterocycles. The van der Waals surface area contributed by atoms with Crippen LogP contribution in [0.1, 0.15) is 24.0 Å². The molecule has 6 nitrogen and oxygen atoms in total. The number of para-hydroxylation sites is 2. The third kappa shape index (κ3) is 5.24. The Bertz CT molecular complexity index is 877. The lowest BCUT2D eigenvalue weighted by Crippen LogP contribution is -2.42. The normalized spacial score (nSPS) is 16.9. The molecule has 2 aromatic carbocycles. The summed E-state index contributed by atoms with van der Waals surface area (Å²) in [5.41, 5.74) is 3.59. The minimum Gasteiger partial charge on any atom is -0.488 e. The number of halogens is 1. The Labute approximate surface area is 195 Å². The number of rotatable bonds is 6. The van der Waals surface area contributed by atoms with Gasteiger partial charge in [-0.1, -0.05) is 36.4 Å². The SMILES string of the molecule is CN=C(NCCCC(=O)N1CCc2ccccc21)NCC1Cc2ccccc2O1.I. The zero-order valence-electron chi connectivity index (χ0n) is 17.3. The van der Waals surface area contributed by atoms with Gasteiger partial charge < -0.3 is 20.3 Å². The maximum atomic E-state index is 12.6. The van der Waals surface area contributed by atoms with Crippen LogP contribution in [-0.4, -0.2) is 44.7 Å². The number of amides is 1. The summed E-state index contributed by atoms with van der Waals surface area (Å²) >= 11 is 0. The van der Waals surface area contributed by atoms with E-state index in [1.807, 2.05) is 41.3 Å². The molecule has 2 aliphatic rings. The summed E-state index contributed by atoms with van der Waals surface area (Å²) in [5.74, 6) is 1.91. The smallest absolute Gasteiger partial charge is 0.227 e. The fourth-order valence-corrected chi connectivity index (χ4v) is 3.98. The van der Waals surface area contributed by atoms with Gasteiger partial charge in [0.05, 0.1) is 6.54 Å². The number of nitrogens with one attached hydrogen (secondary N) is 2. The topological polar surface area (TPSA) is 66.0 Å². The van der Waals surface area contributed by atoms with E-state index < -0.39 is 0 Å². The maximum Gasteiger partial charge on any atom is 0.227 e. The van der Waals surface area contributed by atoms with Gasteiger partial charge in [-0.3, -0.25) is 9.79 Å². The summed E-state index contributed by atoms with van der Waals surface area (Å²) in [6.07, 6.45) is 3.27. The third-order valence-electron chi connectivity index (χ3n) is 5.48. The average Bonchev–Trinajstić information content (AvgIpc) is 3.37. The summed E-state index contributed by atoms with van der Waals surface area (Å²) in [5, 5.41) is 6.61. The quantitative estimate of drug-likeness (QED) is 0.266. The first kappa shape index (κ1) is 22.4. The highest BCUT2D eigenvalue weighted by atomic mass is 127. The molecule has 0 aliphatic carbocycles. The number of fused-ring (bicyclic) bond motifs is 2. The zero-order valence-corrected chi connectivity index (χ0v) is 19.6. The van der Waals surface area contributed by atoms with Crippen molar-refractivity contribution in [2.75, 3.05) is 31.6 Å². The van der Waals surface area contributed by atoms with Crippen molar-refractivity contribution in [3.05, 3.63) is 59.7 Å². The molecular weight excluding hydrogens is 491 g/mol. The third-order valence-corrected chi connectivity index (χ3v) is 5.48. The van der Waals surface area contributed by atoms with Crippen LogP contribution >= 0.6 is 24.0 Å². The molecule has 2 N–H and O–H groups in total. The van der Waals surface area contributed by atoms with Gasteiger partial charge in [-0.2, -0.15) is 0 Å². The van der Waals surface area contributed by atoms with Crippen LogP contribution < -0.4 is 20.3 Å². The molecule has 0 fully saturated rings. The van der Waals surface area contributed by atoms with E-state index in [0.717, 1.165) is 43.2 Å². The van der Waals surface area contributed by atoms with Crippen LogP contribution in [0.2, 0.25) is 0 Å². The predicted octanol–water partition coefficient (Wildman–Crippen LogP) is 3.14. The van der Waals surface area contributed by atoms with Crippen LogP contribution in [0.5, 0.6) is 5.75 Å². The van der Waals surface area contributed by atoms with E-state index in [0.29, 0.717) is 19.5 Å². The molecule has 4 rings (SSSR count). The van der Waals surface area contributed by atoms with E-state index in [1.165, 1.54) is 11.1 Å². The first-order chi connectivity index (χ1) is 14.2. The van der Waals surface area contributed by atoms with Crippen LogP contribution in [0.3, 0.4) is 0 Å². The highest BCUT2D eigenvalue weighted by molar-refractivity contribution is 14.0. The molecule has 0 spiro atoms. The number of aliphatic imine (C=N–C) groups is 1. The summed E-state index contributed by atoms with van der Waals surface area (Å²) in [7, 11) is 1.76. The standard InChI is InChI=1S/C23H28N4O2.HI/c1-24-23(26-16-19-15-18-8-3-5-10-21(18)29-19)25-13-6-11-22(28)27-14-12-17-7-2-4-9-20(17)27;/h2-5,7-10,19H,6,11-16H2,1H3,(H2,24,25,26);1H. The summed E-state index contributed by atoms with van der Waals surface area (Å²) in [6.45, 7) is 2.18. The van der Waals surface area contributed by atoms with Gasteiger partial charge >= 0.3 is 0 Å². The fraction of sp³-hybridized carbons (Fsp3) is 0.391. The van der Waals surface area contributed by atoms with Gasteiger partial charge in [-0.05, 0) is 36.1 Å². The van der Waals surface area contributed by atoms with Crippen molar-refractivity contribution in [1.29, 1.82) is 0 Å². The zero-order chi connectivity index (χ0) is 20.1. The van der Waals surface area contributed by atoms with Crippen LogP contribution in [-0.2, 0) is 17.6 Å². The summed E-state index contributed by atoms with van der Waals surface area (Å²) < 4.78 is 5.95. The molecule has 1 atom stereocenters. The van der Waals surface area contributed by atoms with Gasteiger partial charge in [0, 0.05) is 38.7 Å². The molecule has 1 amide bonds. The minimum absolute atomic E-state index is 0. The van der Waals surface area contributed by atoms with E-state index in [2.05, 4.69) is 27.8 Å². The lowest BCUT2D eigenvalue weighted by molar-refractivity contribution is -0.118. The lowest BCUT2D eigenvalue weighted by Gasteiger charge is -2.18. The molecular formula is C23H29IN4O2. The van der Waals surface area contributed by atoms with Gasteiger partial charge in [-0.15, -0.1) is 24.0 Å². The largest absolute Gasteiger partial charge is 0.488 e. The van der Waals surface area contributed by atoms with Crippen LogP contribution in [0, 0.1) is 0 Å². The second-order valence-electron chi connectivity index (χ2n) is 7.46. The number of ether oxygens (including phenoxy) is 1. The Hall–Kier alpha value is -2.29. The number of nitrogens with zero attached hydrogens (tertiary/aromatic N) is 2. The Morgan fingerprint density at radius 3 is 2.70 bits per heavy atom. The lowest BCUT2D eigenvalue weighted by atomic mass is 10.1. The van der Waals surface area contributed by atoms with Crippen molar-refractivity contribution < 1.29 is 9.53 Å². The Morgan fingerprint density at radius 2 is 1.90 bits per heavy atom. The number of anilines is 1. The highest BCUT2D eigenvalue weighted by Gasteiger charge is 2.24. The Morgan fingerprint density at radius 1 is 1.13 bits per heavy atom. The van der Waals surface area contributed by atoms with Gasteiger partial charge in [0.25, 0.3) is 0 Å². The van der Waals surface area contributed by atoms with E-state index in [-0.39, 0.29) is 36.0 Å². The molecule has 0 aromatic heterocycles. The van der Waals surface area contributed by atoms with E-state index >= 15 is 0 Å². The molecule has 0 bridgehead atoms. The van der Waals surface area contributed by atoms with Crippen molar-refractivity contribution in [1.82, 2.24) is 10.6 Å². The fourth-order valence-electron chi connectivity index (χ4n) is 3.98. The number of guanidine groups is 1. The highest BCUT2D eigenvalue weighted by Crippen LogP contribution is 2.28. The Balaban J connectivity index is 0.00000256. The first-order valence-corrected chi connectivity index (χ1v) is 10.3. The first-order valence-electron chi connectivity index (χ1n) is 10.3. The number of carbonyl (C=O) groups is 1. The van der Waals surface area contributed by atoms with Crippen molar-refractivity contribution in [2.45, 2.75) is 31.8 Å². The molecule has 2 aliphatic heterocycles. The predicted molar refractivity (Wildman–Crippen MR) is 131 cm³/mol. The van der Waals surface area contributed by atoms with Crippen LogP contribution in [0.25, 0.3) is 0 Å². The average molecular weight is 520 g/mol.